The molecule has 2 rings (SSSR count). The highest BCUT2D eigenvalue weighted by Crippen LogP contribution is 2.28. The minimum Gasteiger partial charge on any atom is -0.319 e. The molecule has 1 aromatic carbocycles. The van der Waals surface area contributed by atoms with Crippen LogP contribution in [0.15, 0.2) is 21.5 Å². The lowest BCUT2D eigenvalue weighted by Gasteiger charge is -2.31. The van der Waals surface area contributed by atoms with Crippen molar-refractivity contribution in [2.75, 3.05) is 26.7 Å². The molecular formula is C13H18BrClF2N2O2S. The normalized spacial score (nSPS) is 19.7. The number of halogens is 4. The van der Waals surface area contributed by atoms with Gasteiger partial charge in [0.2, 0.25) is 10.0 Å². The van der Waals surface area contributed by atoms with Crippen LogP contribution in [0.25, 0.3) is 0 Å². The van der Waals surface area contributed by atoms with E-state index in [2.05, 4.69) is 21.2 Å². The Bertz CT molecular complexity index is 629. The first-order valence-electron chi connectivity index (χ1n) is 6.65. The van der Waals surface area contributed by atoms with Crippen LogP contribution < -0.4 is 5.32 Å². The van der Waals surface area contributed by atoms with Crippen LogP contribution in [-0.4, -0.2) is 39.4 Å². The molecule has 0 spiro atoms. The van der Waals surface area contributed by atoms with E-state index >= 15 is 0 Å². The topological polar surface area (TPSA) is 49.4 Å². The molecular weight excluding hydrogens is 402 g/mol. The molecule has 0 saturated carbocycles. The fourth-order valence-corrected chi connectivity index (χ4v) is 4.47. The van der Waals surface area contributed by atoms with Crippen molar-refractivity contribution in [3.63, 3.8) is 0 Å². The van der Waals surface area contributed by atoms with Crippen molar-refractivity contribution >= 4 is 38.4 Å². The summed E-state index contributed by atoms with van der Waals surface area (Å²) >= 11 is 2.84. The summed E-state index contributed by atoms with van der Waals surface area (Å²) < 4.78 is 53.6. The Kier molecular flexibility index (Phi) is 7.20. The van der Waals surface area contributed by atoms with Crippen molar-refractivity contribution in [3.8, 4) is 0 Å². The maximum Gasteiger partial charge on any atom is 0.246 e. The van der Waals surface area contributed by atoms with Gasteiger partial charge in [-0.1, -0.05) is 0 Å². The number of hydrogen-bond acceptors (Lipinski definition) is 3. The summed E-state index contributed by atoms with van der Waals surface area (Å²) in [5.41, 5.74) is 0. The number of sulfonamides is 1. The maximum absolute atomic E-state index is 13.9. The molecule has 1 aliphatic heterocycles. The Morgan fingerprint density at radius 1 is 1.36 bits per heavy atom. The number of rotatable bonds is 4. The van der Waals surface area contributed by atoms with Crippen LogP contribution in [0.3, 0.4) is 0 Å². The van der Waals surface area contributed by atoms with E-state index < -0.39 is 26.6 Å². The van der Waals surface area contributed by atoms with Crippen molar-refractivity contribution < 1.29 is 17.2 Å². The largest absolute Gasteiger partial charge is 0.319 e. The number of nitrogens with one attached hydrogen (secondary N) is 1. The molecule has 0 radical (unpaired) electrons. The standard InChI is InChI=1S/C13H17BrF2N2O2S.ClH/c1-17-7-9-3-2-4-18(8-9)21(19,20)13-6-11(15)10(14)5-12(13)16;/h5-6,9,17H,2-4,7-8H2,1H3;1H. The Hall–Kier alpha value is -0.280. The van der Waals surface area contributed by atoms with Crippen LogP contribution >= 0.6 is 28.3 Å². The summed E-state index contributed by atoms with van der Waals surface area (Å²) in [6.07, 6.45) is 1.64. The van der Waals surface area contributed by atoms with Crippen LogP contribution in [0.1, 0.15) is 12.8 Å². The van der Waals surface area contributed by atoms with E-state index in [1.165, 1.54) is 4.31 Å². The van der Waals surface area contributed by atoms with Crippen LogP contribution in [0.4, 0.5) is 8.78 Å². The molecule has 22 heavy (non-hydrogen) atoms. The first-order valence-corrected chi connectivity index (χ1v) is 8.89. The van der Waals surface area contributed by atoms with Gasteiger partial charge in [0, 0.05) is 13.1 Å². The van der Waals surface area contributed by atoms with Crippen molar-refractivity contribution in [1.29, 1.82) is 0 Å². The molecule has 4 nitrogen and oxygen atoms in total. The highest BCUT2D eigenvalue weighted by atomic mass is 79.9. The van der Waals surface area contributed by atoms with E-state index in [0.29, 0.717) is 26.1 Å². The molecule has 0 amide bonds. The Labute approximate surface area is 143 Å². The van der Waals surface area contributed by atoms with E-state index in [0.717, 1.165) is 18.6 Å². The SMILES string of the molecule is CNCC1CCCN(S(=O)(=O)c2cc(F)c(Br)cc2F)C1.Cl. The third kappa shape index (κ3) is 4.17. The fourth-order valence-electron chi connectivity index (χ4n) is 2.54. The molecule has 1 N–H and O–H groups in total. The predicted octanol–water partition coefficient (Wildman–Crippen LogP) is 2.77. The average molecular weight is 420 g/mol. The summed E-state index contributed by atoms with van der Waals surface area (Å²) in [4.78, 5) is -0.603. The molecule has 1 aliphatic rings. The van der Waals surface area contributed by atoms with Gasteiger partial charge in [0.25, 0.3) is 0 Å². The van der Waals surface area contributed by atoms with Crippen molar-refractivity contribution in [1.82, 2.24) is 9.62 Å². The second-order valence-electron chi connectivity index (χ2n) is 5.13. The minimum absolute atomic E-state index is 0. The van der Waals surface area contributed by atoms with Crippen LogP contribution in [-0.2, 0) is 10.0 Å². The molecule has 126 valence electrons. The highest BCUT2D eigenvalue weighted by Gasteiger charge is 2.32. The summed E-state index contributed by atoms with van der Waals surface area (Å²) in [5, 5.41) is 3.02. The van der Waals surface area contributed by atoms with Crippen LogP contribution in [0.2, 0.25) is 0 Å². The lowest BCUT2D eigenvalue weighted by atomic mass is 10.00. The minimum atomic E-state index is -4.01. The summed E-state index contributed by atoms with van der Waals surface area (Å²) in [5.74, 6) is -1.56. The van der Waals surface area contributed by atoms with Gasteiger partial charge in [0.1, 0.15) is 16.5 Å². The van der Waals surface area contributed by atoms with Gasteiger partial charge in [-0.3, -0.25) is 0 Å². The monoisotopic (exact) mass is 418 g/mol. The quantitative estimate of drug-likeness (QED) is 0.764. The van der Waals surface area contributed by atoms with Gasteiger partial charge in [0.15, 0.2) is 0 Å². The van der Waals surface area contributed by atoms with Crippen LogP contribution in [0.5, 0.6) is 0 Å². The van der Waals surface area contributed by atoms with E-state index in [1.54, 1.807) is 7.05 Å². The Morgan fingerprint density at radius 2 is 2.05 bits per heavy atom. The highest BCUT2D eigenvalue weighted by molar-refractivity contribution is 9.10. The number of hydrogen-bond donors (Lipinski definition) is 1. The van der Waals surface area contributed by atoms with E-state index in [1.807, 2.05) is 0 Å². The second-order valence-corrected chi connectivity index (χ2v) is 7.89. The molecule has 0 aromatic heterocycles. The van der Waals surface area contributed by atoms with Gasteiger partial charge in [0.05, 0.1) is 4.47 Å². The Balaban J connectivity index is 0.00000242. The van der Waals surface area contributed by atoms with E-state index in [9.17, 15) is 17.2 Å². The van der Waals surface area contributed by atoms with Crippen LogP contribution in [0, 0.1) is 17.6 Å². The zero-order valence-corrected chi connectivity index (χ0v) is 15.2. The molecule has 0 aliphatic carbocycles. The van der Waals surface area contributed by atoms with Crippen molar-refractivity contribution in [2.24, 2.45) is 5.92 Å². The molecule has 1 unspecified atom stereocenters. The molecule has 1 fully saturated rings. The molecule has 1 heterocycles. The van der Waals surface area contributed by atoms with Gasteiger partial charge in [-0.2, -0.15) is 4.31 Å². The smallest absolute Gasteiger partial charge is 0.246 e. The first kappa shape index (κ1) is 19.8. The number of benzene rings is 1. The molecule has 0 bridgehead atoms. The number of piperidine rings is 1. The molecule has 9 heteroatoms. The summed E-state index contributed by atoms with van der Waals surface area (Å²) in [7, 11) is -2.21. The predicted molar refractivity (Wildman–Crippen MR) is 86.7 cm³/mol. The summed E-state index contributed by atoms with van der Waals surface area (Å²) in [6, 6.07) is 1.58. The van der Waals surface area contributed by atoms with Crippen molar-refractivity contribution in [2.45, 2.75) is 17.7 Å². The second kappa shape index (κ2) is 8.01. The Morgan fingerprint density at radius 3 is 2.68 bits per heavy atom. The molecule has 1 aromatic rings. The van der Waals surface area contributed by atoms with Gasteiger partial charge >= 0.3 is 0 Å². The maximum atomic E-state index is 13.9. The average Bonchev–Trinajstić information content (AvgIpc) is 2.43. The van der Waals surface area contributed by atoms with Gasteiger partial charge in [-0.25, -0.2) is 17.2 Å². The van der Waals surface area contributed by atoms with E-state index in [-0.39, 0.29) is 22.8 Å². The van der Waals surface area contributed by atoms with Gasteiger partial charge in [-0.15, -0.1) is 12.4 Å². The molecule has 1 atom stereocenters. The third-order valence-corrected chi connectivity index (χ3v) is 6.06. The third-order valence-electron chi connectivity index (χ3n) is 3.57. The first-order chi connectivity index (χ1) is 9.86. The van der Waals surface area contributed by atoms with E-state index in [4.69, 9.17) is 0 Å². The molecule has 1 saturated heterocycles. The number of nitrogens with zero attached hydrogens (tertiary/aromatic N) is 1. The van der Waals surface area contributed by atoms with Gasteiger partial charge in [-0.05, 0) is 60.4 Å². The summed E-state index contributed by atoms with van der Waals surface area (Å²) in [6.45, 7) is 1.35. The zero-order chi connectivity index (χ0) is 15.6. The zero-order valence-electron chi connectivity index (χ0n) is 12.0. The van der Waals surface area contributed by atoms with Gasteiger partial charge < -0.3 is 5.32 Å². The lowest BCUT2D eigenvalue weighted by Crippen LogP contribution is -2.42. The van der Waals surface area contributed by atoms with Crippen molar-refractivity contribution in [3.05, 3.63) is 28.2 Å². The fraction of sp³-hybridized carbons (Fsp3) is 0.538. The lowest BCUT2D eigenvalue weighted by molar-refractivity contribution is 0.262.